The first-order valence-electron chi connectivity index (χ1n) is 2.66. The second-order valence-electron chi connectivity index (χ2n) is 1.63. The molecule has 0 aliphatic rings. The summed E-state index contributed by atoms with van der Waals surface area (Å²) in [6.07, 6.45) is 0.833. The molecule has 0 saturated carbocycles. The Kier molecular flexibility index (Phi) is 13.6. The minimum absolute atomic E-state index is 0. The molecule has 0 aliphatic heterocycles. The molecule has 0 aromatic rings. The highest BCUT2D eigenvalue weighted by Crippen LogP contribution is 1.81. The Morgan fingerprint density at radius 3 is 1.50 bits per heavy atom. The fraction of sp³-hybridized carbons (Fsp3) is 0.143. The van der Waals surface area contributed by atoms with Gasteiger partial charge < -0.3 is 10.2 Å². The van der Waals surface area contributed by atoms with Gasteiger partial charge in [0, 0.05) is 11.6 Å². The normalized spacial score (nSPS) is 6.42. The average Bonchev–Trinajstić information content (AvgIpc) is 1.89. The highest BCUT2D eigenvalue weighted by atomic mass is 28.1. The zero-order valence-corrected chi connectivity index (χ0v) is 6.20. The van der Waals surface area contributed by atoms with Gasteiger partial charge in [-0.15, -0.1) is 0 Å². The van der Waals surface area contributed by atoms with Crippen LogP contribution in [0, 0.1) is 0 Å². The van der Waals surface area contributed by atoms with Crippen molar-refractivity contribution in [3.8, 4) is 0 Å². The van der Waals surface area contributed by atoms with Crippen LogP contribution in [0.1, 0.15) is 6.92 Å². The topological polar surface area (TPSA) is 74.6 Å². The molecule has 0 spiro atoms. The molecule has 0 bridgehead atoms. The van der Waals surface area contributed by atoms with E-state index in [-0.39, 0.29) is 16.5 Å². The first-order chi connectivity index (χ1) is 4.91. The minimum Gasteiger partial charge on any atom is -0.478 e. The lowest BCUT2D eigenvalue weighted by Gasteiger charge is -1.79. The lowest BCUT2D eigenvalue weighted by molar-refractivity contribution is -0.133. The number of hydrogen-bond donors (Lipinski definition) is 2. The Morgan fingerprint density at radius 2 is 1.50 bits per heavy atom. The summed E-state index contributed by atoms with van der Waals surface area (Å²) in [5, 5.41) is 15.5. The van der Waals surface area contributed by atoms with Crippen LogP contribution in [-0.2, 0) is 9.59 Å². The van der Waals surface area contributed by atoms with Gasteiger partial charge >= 0.3 is 11.9 Å². The number of rotatable bonds is 2. The fourth-order valence-corrected chi connectivity index (χ4v) is 0. The SMILES string of the molecule is C=C(C)C(=O)O.C=CC(=O)O.[SiH4]. The average molecular weight is 190 g/mol. The maximum Gasteiger partial charge on any atom is 0.330 e. The predicted octanol–water partition coefficient (Wildman–Crippen LogP) is -0.548. The molecule has 2 N–H and O–H groups in total. The van der Waals surface area contributed by atoms with Gasteiger partial charge in [-0.2, -0.15) is 0 Å². The van der Waals surface area contributed by atoms with Crippen LogP contribution >= 0.6 is 0 Å². The van der Waals surface area contributed by atoms with Gasteiger partial charge in [-0.05, 0) is 17.9 Å². The fourth-order valence-electron chi connectivity index (χ4n) is 0. The van der Waals surface area contributed by atoms with Gasteiger partial charge in [-0.25, -0.2) is 9.59 Å². The van der Waals surface area contributed by atoms with Crippen LogP contribution in [0.4, 0.5) is 0 Å². The van der Waals surface area contributed by atoms with Crippen molar-refractivity contribution < 1.29 is 19.8 Å². The Morgan fingerprint density at radius 1 is 1.33 bits per heavy atom. The Bertz CT molecular complexity index is 174. The molecule has 0 amide bonds. The lowest BCUT2D eigenvalue weighted by atomic mass is 10.4. The van der Waals surface area contributed by atoms with Crippen LogP contribution in [0.5, 0.6) is 0 Å². The van der Waals surface area contributed by atoms with Crippen molar-refractivity contribution in [2.75, 3.05) is 0 Å². The Balaban J connectivity index is -0.000000126. The summed E-state index contributed by atoms with van der Waals surface area (Å²) in [4.78, 5) is 18.8. The van der Waals surface area contributed by atoms with Crippen molar-refractivity contribution in [2.24, 2.45) is 0 Å². The van der Waals surface area contributed by atoms with Crippen molar-refractivity contribution in [1.29, 1.82) is 0 Å². The highest BCUT2D eigenvalue weighted by molar-refractivity contribution is 5.84. The lowest BCUT2D eigenvalue weighted by Crippen LogP contribution is -1.92. The molecule has 0 rings (SSSR count). The minimum atomic E-state index is -0.981. The zero-order valence-electron chi connectivity index (χ0n) is 6.20. The van der Waals surface area contributed by atoms with Crippen molar-refractivity contribution in [3.05, 3.63) is 24.8 Å². The number of carbonyl (C=O) groups is 2. The van der Waals surface area contributed by atoms with Crippen LogP contribution in [0.3, 0.4) is 0 Å². The summed E-state index contributed by atoms with van der Waals surface area (Å²) in [5.41, 5.74) is 0.176. The zero-order chi connectivity index (χ0) is 9.44. The molecule has 0 unspecified atom stereocenters. The molecule has 12 heavy (non-hydrogen) atoms. The van der Waals surface area contributed by atoms with Crippen molar-refractivity contribution >= 4 is 22.9 Å². The molecule has 4 nitrogen and oxygen atoms in total. The molecule has 0 atom stereocenters. The standard InChI is InChI=1S/C4H6O2.C3H4O2.H4Si/c1-3(2)4(5)6;1-2-3(4)5;/h1H2,2H3,(H,5,6);2H,1H2,(H,4,5);1H4. The van der Waals surface area contributed by atoms with E-state index >= 15 is 0 Å². The van der Waals surface area contributed by atoms with Crippen molar-refractivity contribution in [2.45, 2.75) is 6.92 Å². The number of carboxylic acids is 2. The van der Waals surface area contributed by atoms with E-state index in [1.165, 1.54) is 6.92 Å². The molecule has 0 saturated heterocycles. The third kappa shape index (κ3) is 23.4. The van der Waals surface area contributed by atoms with Gasteiger partial charge in [0.15, 0.2) is 0 Å². The maximum absolute atomic E-state index is 9.60. The summed E-state index contributed by atoms with van der Waals surface area (Å²) in [5.74, 6) is -1.92. The van der Waals surface area contributed by atoms with Crippen molar-refractivity contribution in [3.63, 3.8) is 0 Å². The third-order valence-electron chi connectivity index (χ3n) is 0.540. The van der Waals surface area contributed by atoms with E-state index < -0.39 is 11.9 Å². The summed E-state index contributed by atoms with van der Waals surface area (Å²) >= 11 is 0. The second-order valence-corrected chi connectivity index (χ2v) is 1.63. The van der Waals surface area contributed by atoms with E-state index in [1.54, 1.807) is 0 Å². The van der Waals surface area contributed by atoms with Crippen LogP contribution in [0.15, 0.2) is 24.8 Å². The van der Waals surface area contributed by atoms with E-state index in [0.29, 0.717) is 0 Å². The van der Waals surface area contributed by atoms with Crippen LogP contribution < -0.4 is 0 Å². The van der Waals surface area contributed by atoms with E-state index in [1.807, 2.05) is 0 Å². The molecule has 0 aromatic carbocycles. The summed E-state index contributed by atoms with van der Waals surface area (Å²) in [6, 6.07) is 0. The molecular weight excluding hydrogens is 176 g/mol. The number of hydrogen-bond acceptors (Lipinski definition) is 2. The first-order valence-corrected chi connectivity index (χ1v) is 2.66. The third-order valence-corrected chi connectivity index (χ3v) is 0.540. The monoisotopic (exact) mass is 190 g/mol. The molecular formula is C7H14O4Si. The smallest absolute Gasteiger partial charge is 0.330 e. The van der Waals surface area contributed by atoms with E-state index in [9.17, 15) is 9.59 Å². The van der Waals surface area contributed by atoms with Crippen LogP contribution in [-0.4, -0.2) is 33.1 Å². The molecule has 0 heterocycles. The number of carboxylic acid groups (broad SMARTS) is 2. The van der Waals surface area contributed by atoms with Crippen molar-refractivity contribution in [1.82, 2.24) is 0 Å². The maximum atomic E-state index is 9.60. The van der Waals surface area contributed by atoms with Crippen LogP contribution in [0.2, 0.25) is 0 Å². The second kappa shape index (κ2) is 9.64. The molecule has 0 aromatic heterocycles. The number of aliphatic carboxylic acids is 2. The van der Waals surface area contributed by atoms with Gasteiger partial charge in [-0.3, -0.25) is 0 Å². The van der Waals surface area contributed by atoms with E-state index in [0.717, 1.165) is 6.08 Å². The predicted molar refractivity (Wildman–Crippen MR) is 51.6 cm³/mol. The van der Waals surface area contributed by atoms with Gasteiger partial charge in [0.25, 0.3) is 0 Å². The van der Waals surface area contributed by atoms with Gasteiger partial charge in [0.05, 0.1) is 0 Å². The summed E-state index contributed by atoms with van der Waals surface area (Å²) < 4.78 is 0. The van der Waals surface area contributed by atoms with E-state index in [4.69, 9.17) is 10.2 Å². The van der Waals surface area contributed by atoms with Gasteiger partial charge in [0.2, 0.25) is 0 Å². The Labute approximate surface area is 75.2 Å². The molecule has 70 valence electrons. The molecule has 0 fully saturated rings. The largest absolute Gasteiger partial charge is 0.478 e. The highest BCUT2D eigenvalue weighted by Gasteiger charge is 1.90. The summed E-state index contributed by atoms with van der Waals surface area (Å²) in [6.45, 7) is 7.56. The van der Waals surface area contributed by atoms with E-state index in [2.05, 4.69) is 13.2 Å². The Hall–Kier alpha value is -1.36. The van der Waals surface area contributed by atoms with Gasteiger partial charge in [0.1, 0.15) is 0 Å². The quantitative estimate of drug-likeness (QED) is 0.452. The van der Waals surface area contributed by atoms with Gasteiger partial charge in [-0.1, -0.05) is 13.2 Å². The molecule has 0 radical (unpaired) electrons. The van der Waals surface area contributed by atoms with Crippen LogP contribution in [0.25, 0.3) is 0 Å². The first kappa shape index (κ1) is 16.9. The molecule has 0 aliphatic carbocycles. The molecule has 5 heteroatoms. The summed E-state index contributed by atoms with van der Waals surface area (Å²) in [7, 11) is 0.